The summed E-state index contributed by atoms with van der Waals surface area (Å²) in [5, 5.41) is 4.39. The monoisotopic (exact) mass is 524 g/mol. The van der Waals surface area contributed by atoms with E-state index in [2.05, 4.69) is 28.4 Å². The van der Waals surface area contributed by atoms with E-state index >= 15 is 0 Å². The van der Waals surface area contributed by atoms with Gasteiger partial charge in [-0.1, -0.05) is 35.9 Å². The molecule has 36 heavy (non-hydrogen) atoms. The fourth-order valence-corrected chi connectivity index (χ4v) is 6.28. The number of hydrogen-bond donors (Lipinski definition) is 2. The molecule has 1 amide bonds. The number of hydrogen-bond acceptors (Lipinski definition) is 6. The zero-order valence-electron chi connectivity index (χ0n) is 19.9. The molecule has 3 fully saturated rings. The number of benzene rings is 2. The number of carbonyl (C=O) groups excluding carboxylic acids is 1. The molecule has 0 spiro atoms. The Morgan fingerprint density at radius 1 is 1.06 bits per heavy atom. The molecule has 3 saturated heterocycles. The van der Waals surface area contributed by atoms with E-state index in [1.165, 1.54) is 48.2 Å². The van der Waals surface area contributed by atoms with Crippen LogP contribution >= 0.6 is 11.3 Å². The molecule has 0 radical (unpaired) electrons. The Balaban J connectivity index is 0.000000205. The van der Waals surface area contributed by atoms with Gasteiger partial charge in [0.1, 0.15) is 5.76 Å². The van der Waals surface area contributed by atoms with Gasteiger partial charge in [-0.2, -0.15) is 8.42 Å². The molecule has 7 rings (SSSR count). The van der Waals surface area contributed by atoms with Crippen molar-refractivity contribution >= 4 is 37.4 Å². The van der Waals surface area contributed by atoms with Gasteiger partial charge < -0.3 is 14.6 Å². The average Bonchev–Trinajstić information content (AvgIpc) is 3.52. The van der Waals surface area contributed by atoms with Gasteiger partial charge in [0, 0.05) is 17.3 Å². The predicted octanol–water partition coefficient (Wildman–Crippen LogP) is 5.23. The van der Waals surface area contributed by atoms with E-state index in [-0.39, 0.29) is 16.8 Å². The summed E-state index contributed by atoms with van der Waals surface area (Å²) in [6.07, 6.45) is 2.38. The third-order valence-corrected chi connectivity index (χ3v) is 8.79. The molecule has 2 aromatic carbocycles. The number of fused-ring (bicyclic) bond motifs is 4. The van der Waals surface area contributed by atoms with E-state index in [0.717, 1.165) is 22.7 Å². The van der Waals surface area contributed by atoms with E-state index in [4.69, 9.17) is 8.97 Å². The van der Waals surface area contributed by atoms with Gasteiger partial charge >= 0.3 is 0 Å². The van der Waals surface area contributed by atoms with Crippen LogP contribution < -0.4 is 5.32 Å². The largest absolute Gasteiger partial charge is 0.450 e. The molecule has 2 N–H and O–H groups in total. The summed E-state index contributed by atoms with van der Waals surface area (Å²) < 4.78 is 36.6. The summed E-state index contributed by atoms with van der Waals surface area (Å²) in [7, 11) is -4.02. The molecule has 1 atom stereocenters. The topological polar surface area (TPSA) is 99.8 Å². The number of rotatable bonds is 4. The van der Waals surface area contributed by atoms with Crippen molar-refractivity contribution in [2.45, 2.75) is 30.7 Å². The van der Waals surface area contributed by atoms with Crippen molar-refractivity contribution in [1.29, 1.82) is 0 Å². The van der Waals surface area contributed by atoms with Gasteiger partial charge in [0.2, 0.25) is 0 Å². The van der Waals surface area contributed by atoms with Crippen molar-refractivity contribution in [2.24, 2.45) is 5.92 Å². The first-order valence-electron chi connectivity index (χ1n) is 11.9. The maximum absolute atomic E-state index is 12.6. The molecule has 9 heteroatoms. The van der Waals surface area contributed by atoms with Crippen LogP contribution in [-0.2, 0) is 10.1 Å². The minimum atomic E-state index is -4.02. The number of piperidine rings is 3. The van der Waals surface area contributed by atoms with Crippen molar-refractivity contribution < 1.29 is 22.2 Å². The average molecular weight is 525 g/mol. The fourth-order valence-electron chi connectivity index (χ4n) is 4.77. The SMILES string of the molecule is Cc1ccc(S(=O)(=O)O)cc1.O=C(N[C@H]1CN2CCC1CC2)c1ccc(-c2cc3ccccc3s2)o1. The van der Waals surface area contributed by atoms with Gasteiger partial charge in [-0.3, -0.25) is 9.35 Å². The highest BCUT2D eigenvalue weighted by Crippen LogP contribution is 2.34. The summed E-state index contributed by atoms with van der Waals surface area (Å²) in [5.74, 6) is 1.70. The number of amides is 1. The first kappa shape index (κ1) is 24.7. The Morgan fingerprint density at radius 3 is 2.42 bits per heavy atom. The lowest BCUT2D eigenvalue weighted by molar-refractivity contribution is 0.0606. The highest BCUT2D eigenvalue weighted by atomic mass is 32.2. The lowest BCUT2D eigenvalue weighted by atomic mass is 9.84. The van der Waals surface area contributed by atoms with Crippen molar-refractivity contribution in [3.05, 3.63) is 78.1 Å². The van der Waals surface area contributed by atoms with E-state index in [1.54, 1.807) is 29.5 Å². The van der Waals surface area contributed by atoms with Gasteiger partial charge in [-0.15, -0.1) is 11.3 Å². The molecular formula is C27H28N2O5S2. The van der Waals surface area contributed by atoms with E-state index in [9.17, 15) is 13.2 Å². The van der Waals surface area contributed by atoms with Gasteiger partial charge in [-0.05, 0) is 80.6 Å². The van der Waals surface area contributed by atoms with Crippen LogP contribution in [0.2, 0.25) is 0 Å². The normalized spacial score (nSPS) is 21.1. The summed E-state index contributed by atoms with van der Waals surface area (Å²) in [6, 6.07) is 20.3. The lowest BCUT2D eigenvalue weighted by Gasteiger charge is -2.44. The van der Waals surface area contributed by atoms with Gasteiger partial charge in [-0.25, -0.2) is 0 Å². The van der Waals surface area contributed by atoms with Gasteiger partial charge in [0.05, 0.1) is 9.77 Å². The van der Waals surface area contributed by atoms with Crippen LogP contribution in [0.15, 0.2) is 76.0 Å². The molecule has 3 aliphatic heterocycles. The summed E-state index contributed by atoms with van der Waals surface area (Å²) >= 11 is 1.69. The Kier molecular flexibility index (Phi) is 6.98. The number of aryl methyl sites for hydroxylation is 1. The van der Waals surface area contributed by atoms with E-state index < -0.39 is 10.1 Å². The second kappa shape index (κ2) is 10.2. The number of nitrogens with zero attached hydrogens (tertiary/aromatic N) is 1. The maximum atomic E-state index is 12.6. The molecule has 0 saturated carbocycles. The second-order valence-corrected chi connectivity index (χ2v) is 11.8. The summed E-state index contributed by atoms with van der Waals surface area (Å²) in [6.45, 7) is 5.16. The van der Waals surface area contributed by atoms with Crippen molar-refractivity contribution in [1.82, 2.24) is 10.2 Å². The molecule has 2 aromatic heterocycles. The maximum Gasteiger partial charge on any atom is 0.294 e. The smallest absolute Gasteiger partial charge is 0.294 e. The molecule has 0 unspecified atom stereocenters. The number of thiophene rings is 1. The lowest BCUT2D eigenvalue weighted by Crippen LogP contribution is -2.57. The number of furan rings is 1. The third-order valence-electron chi connectivity index (χ3n) is 6.79. The predicted molar refractivity (Wildman–Crippen MR) is 141 cm³/mol. The Bertz CT molecular complexity index is 1430. The molecule has 2 bridgehead atoms. The van der Waals surface area contributed by atoms with E-state index in [1.807, 2.05) is 25.1 Å². The van der Waals surface area contributed by atoms with Gasteiger partial charge in [0.15, 0.2) is 5.76 Å². The zero-order chi connectivity index (χ0) is 25.3. The van der Waals surface area contributed by atoms with Crippen LogP contribution in [0, 0.1) is 12.8 Å². The van der Waals surface area contributed by atoms with Crippen LogP contribution in [0.25, 0.3) is 20.7 Å². The molecule has 0 aliphatic carbocycles. The van der Waals surface area contributed by atoms with Crippen molar-refractivity contribution in [3.63, 3.8) is 0 Å². The molecule has 3 aliphatic rings. The molecule has 4 aromatic rings. The molecule has 5 heterocycles. The molecule has 188 valence electrons. The zero-order valence-corrected chi connectivity index (χ0v) is 21.5. The van der Waals surface area contributed by atoms with E-state index in [0.29, 0.717) is 11.7 Å². The van der Waals surface area contributed by atoms with Crippen LogP contribution in [0.3, 0.4) is 0 Å². The first-order chi connectivity index (χ1) is 17.3. The van der Waals surface area contributed by atoms with Crippen molar-refractivity contribution in [2.75, 3.05) is 19.6 Å². The Hall–Kier alpha value is -2.98. The Morgan fingerprint density at radius 2 is 1.78 bits per heavy atom. The van der Waals surface area contributed by atoms with Crippen LogP contribution in [0.5, 0.6) is 0 Å². The Labute approximate surface area is 214 Å². The van der Waals surface area contributed by atoms with Crippen LogP contribution in [-0.4, -0.2) is 49.5 Å². The standard InChI is InChI=1S/C20H20N2O2S.C7H8O3S/c23-20(21-15-12-22-9-7-13(15)8-10-22)17-6-5-16(24-17)19-11-14-3-1-2-4-18(14)25-19;1-6-2-4-7(5-3-6)11(8,9)10/h1-6,11,13,15H,7-10,12H2,(H,21,23);2-5H,1H3,(H,8,9,10)/t15-;/m0./s1. The van der Waals surface area contributed by atoms with Crippen molar-refractivity contribution in [3.8, 4) is 10.6 Å². The first-order valence-corrected chi connectivity index (χ1v) is 14.2. The second-order valence-electron chi connectivity index (χ2n) is 9.32. The number of carbonyl (C=O) groups is 1. The third kappa shape index (κ3) is 5.54. The van der Waals surface area contributed by atoms with Gasteiger partial charge in [0.25, 0.3) is 16.0 Å². The summed E-state index contributed by atoms with van der Waals surface area (Å²) in [4.78, 5) is 16.0. The van der Waals surface area contributed by atoms with Crippen LogP contribution in [0.1, 0.15) is 29.0 Å². The number of nitrogens with one attached hydrogen (secondary N) is 1. The minimum Gasteiger partial charge on any atom is -0.450 e. The molecule has 7 nitrogen and oxygen atoms in total. The quantitative estimate of drug-likeness (QED) is 0.355. The van der Waals surface area contributed by atoms with Crippen LogP contribution in [0.4, 0.5) is 0 Å². The highest BCUT2D eigenvalue weighted by molar-refractivity contribution is 7.85. The summed E-state index contributed by atoms with van der Waals surface area (Å²) in [5.41, 5.74) is 0.956. The minimum absolute atomic E-state index is 0.0666. The fraction of sp³-hybridized carbons (Fsp3) is 0.296. The molecular weight excluding hydrogens is 496 g/mol. The highest BCUT2D eigenvalue weighted by Gasteiger charge is 2.35.